The smallest absolute Gasteiger partial charge is 0.322 e. The van der Waals surface area contributed by atoms with Crippen LogP contribution in [0.1, 0.15) is 26.7 Å². The van der Waals surface area contributed by atoms with Gasteiger partial charge in [-0.1, -0.05) is 0 Å². The van der Waals surface area contributed by atoms with E-state index in [0.717, 1.165) is 12.8 Å². The standard InChI is InChI=1S/C9H17NO3/c1-3-13-9(12)6(2)10-7-4-8(11)5-7/h6-8,10-11H,3-5H2,1-2H3. The number of carbonyl (C=O) groups excluding carboxylic acids is 1. The molecule has 0 heterocycles. The maximum absolute atomic E-state index is 11.2. The van der Waals surface area contributed by atoms with Crippen LogP contribution in [0.2, 0.25) is 0 Å². The van der Waals surface area contributed by atoms with Gasteiger partial charge in [0.1, 0.15) is 6.04 Å². The molecule has 0 aromatic rings. The van der Waals surface area contributed by atoms with E-state index in [1.165, 1.54) is 0 Å². The molecule has 0 aliphatic heterocycles. The van der Waals surface area contributed by atoms with Crippen molar-refractivity contribution in [1.82, 2.24) is 5.32 Å². The highest BCUT2D eigenvalue weighted by Crippen LogP contribution is 2.19. The maximum Gasteiger partial charge on any atom is 0.322 e. The summed E-state index contributed by atoms with van der Waals surface area (Å²) >= 11 is 0. The Bertz CT molecular complexity index is 178. The third-order valence-electron chi connectivity index (χ3n) is 2.24. The van der Waals surface area contributed by atoms with Gasteiger partial charge in [-0.15, -0.1) is 0 Å². The Morgan fingerprint density at radius 3 is 2.77 bits per heavy atom. The molecule has 1 aliphatic rings. The number of esters is 1. The van der Waals surface area contributed by atoms with E-state index in [0.29, 0.717) is 6.61 Å². The monoisotopic (exact) mass is 187 g/mol. The van der Waals surface area contributed by atoms with E-state index in [2.05, 4.69) is 5.32 Å². The summed E-state index contributed by atoms with van der Waals surface area (Å²) in [5.41, 5.74) is 0. The van der Waals surface area contributed by atoms with Crippen LogP contribution in [0.15, 0.2) is 0 Å². The van der Waals surface area contributed by atoms with Crippen LogP contribution in [0.3, 0.4) is 0 Å². The van der Waals surface area contributed by atoms with E-state index < -0.39 is 0 Å². The van der Waals surface area contributed by atoms with Gasteiger partial charge in [-0.05, 0) is 26.7 Å². The largest absolute Gasteiger partial charge is 0.465 e. The van der Waals surface area contributed by atoms with Gasteiger partial charge in [-0.25, -0.2) is 0 Å². The van der Waals surface area contributed by atoms with Crippen LogP contribution >= 0.6 is 0 Å². The quantitative estimate of drug-likeness (QED) is 0.611. The minimum Gasteiger partial charge on any atom is -0.465 e. The van der Waals surface area contributed by atoms with Crippen LogP contribution in [-0.2, 0) is 9.53 Å². The first-order chi connectivity index (χ1) is 6.13. The number of carbonyl (C=O) groups is 1. The van der Waals surface area contributed by atoms with Crippen LogP contribution in [0.5, 0.6) is 0 Å². The Labute approximate surface area is 78.3 Å². The maximum atomic E-state index is 11.2. The minimum atomic E-state index is -0.266. The molecule has 76 valence electrons. The molecule has 0 saturated heterocycles. The highest BCUT2D eigenvalue weighted by Gasteiger charge is 2.29. The van der Waals surface area contributed by atoms with Crippen molar-refractivity contribution in [3.05, 3.63) is 0 Å². The molecule has 0 amide bonds. The molecular weight excluding hydrogens is 170 g/mol. The van der Waals surface area contributed by atoms with Crippen molar-refractivity contribution >= 4 is 5.97 Å². The van der Waals surface area contributed by atoms with Crippen molar-refractivity contribution in [3.8, 4) is 0 Å². The molecule has 0 bridgehead atoms. The lowest BCUT2D eigenvalue weighted by Crippen LogP contribution is -2.50. The lowest BCUT2D eigenvalue weighted by molar-refractivity contribution is -0.145. The summed E-state index contributed by atoms with van der Waals surface area (Å²) in [5.74, 6) is -0.219. The van der Waals surface area contributed by atoms with Crippen LogP contribution < -0.4 is 5.32 Å². The molecule has 2 N–H and O–H groups in total. The van der Waals surface area contributed by atoms with Crippen LogP contribution in [0, 0.1) is 0 Å². The number of aliphatic hydroxyl groups is 1. The summed E-state index contributed by atoms with van der Waals surface area (Å²) in [5, 5.41) is 12.1. The summed E-state index contributed by atoms with van der Waals surface area (Å²) in [4.78, 5) is 11.2. The van der Waals surface area contributed by atoms with Gasteiger partial charge < -0.3 is 15.2 Å². The summed E-state index contributed by atoms with van der Waals surface area (Å²) in [6.07, 6.45) is 1.29. The van der Waals surface area contributed by atoms with Gasteiger partial charge in [-0.3, -0.25) is 4.79 Å². The Morgan fingerprint density at radius 1 is 1.69 bits per heavy atom. The van der Waals surface area contributed by atoms with Gasteiger partial charge in [0.25, 0.3) is 0 Å². The fourth-order valence-electron chi connectivity index (χ4n) is 1.41. The first kappa shape index (κ1) is 10.5. The molecule has 4 heteroatoms. The third kappa shape index (κ3) is 2.97. The highest BCUT2D eigenvalue weighted by molar-refractivity contribution is 5.75. The number of rotatable bonds is 4. The molecule has 4 nitrogen and oxygen atoms in total. The van der Waals surface area contributed by atoms with E-state index >= 15 is 0 Å². The molecule has 0 spiro atoms. The first-order valence-corrected chi connectivity index (χ1v) is 4.74. The lowest BCUT2D eigenvalue weighted by Gasteiger charge is -2.33. The second-order valence-electron chi connectivity index (χ2n) is 3.46. The molecule has 0 aromatic carbocycles. The average Bonchev–Trinajstić information content (AvgIpc) is 2.02. The number of hydrogen-bond acceptors (Lipinski definition) is 4. The summed E-state index contributed by atoms with van der Waals surface area (Å²) < 4.78 is 4.84. The van der Waals surface area contributed by atoms with Crippen molar-refractivity contribution in [2.45, 2.75) is 44.9 Å². The van der Waals surface area contributed by atoms with Crippen molar-refractivity contribution in [2.24, 2.45) is 0 Å². The van der Waals surface area contributed by atoms with Gasteiger partial charge in [0.15, 0.2) is 0 Å². The Balaban J connectivity index is 2.17. The SMILES string of the molecule is CCOC(=O)C(C)NC1CC(O)C1. The van der Waals surface area contributed by atoms with Crippen molar-refractivity contribution < 1.29 is 14.6 Å². The van der Waals surface area contributed by atoms with Crippen LogP contribution in [0.4, 0.5) is 0 Å². The van der Waals surface area contributed by atoms with E-state index in [9.17, 15) is 4.79 Å². The van der Waals surface area contributed by atoms with Gasteiger partial charge in [-0.2, -0.15) is 0 Å². The predicted molar refractivity (Wildman–Crippen MR) is 48.3 cm³/mol. The number of hydrogen-bond donors (Lipinski definition) is 2. The van der Waals surface area contributed by atoms with Gasteiger partial charge in [0.2, 0.25) is 0 Å². The zero-order chi connectivity index (χ0) is 9.84. The van der Waals surface area contributed by atoms with Gasteiger partial charge in [0.05, 0.1) is 12.7 Å². The van der Waals surface area contributed by atoms with Gasteiger partial charge >= 0.3 is 5.97 Å². The normalized spacial score (nSPS) is 29.2. The highest BCUT2D eigenvalue weighted by atomic mass is 16.5. The molecule has 1 unspecified atom stereocenters. The zero-order valence-electron chi connectivity index (χ0n) is 8.12. The molecule has 1 atom stereocenters. The number of ether oxygens (including phenoxy) is 1. The van der Waals surface area contributed by atoms with Crippen molar-refractivity contribution in [3.63, 3.8) is 0 Å². The fourth-order valence-corrected chi connectivity index (χ4v) is 1.41. The molecule has 0 radical (unpaired) electrons. The summed E-state index contributed by atoms with van der Waals surface area (Å²) in [7, 11) is 0. The van der Waals surface area contributed by atoms with Gasteiger partial charge in [0, 0.05) is 6.04 Å². The molecule has 1 saturated carbocycles. The minimum absolute atomic E-state index is 0.188. The van der Waals surface area contributed by atoms with E-state index in [1.54, 1.807) is 13.8 Å². The lowest BCUT2D eigenvalue weighted by atomic mass is 9.89. The van der Waals surface area contributed by atoms with E-state index in [1.807, 2.05) is 0 Å². The molecule has 0 aromatic heterocycles. The Hall–Kier alpha value is -0.610. The summed E-state index contributed by atoms with van der Waals surface area (Å²) in [6, 6.07) is 0.00635. The average molecular weight is 187 g/mol. The molecule has 13 heavy (non-hydrogen) atoms. The fraction of sp³-hybridized carbons (Fsp3) is 0.889. The number of aliphatic hydroxyl groups excluding tert-OH is 1. The molecular formula is C9H17NO3. The summed E-state index contributed by atoms with van der Waals surface area (Å²) in [6.45, 7) is 3.98. The zero-order valence-corrected chi connectivity index (χ0v) is 8.12. The number of nitrogens with one attached hydrogen (secondary N) is 1. The van der Waals surface area contributed by atoms with E-state index in [4.69, 9.17) is 9.84 Å². The van der Waals surface area contributed by atoms with Crippen LogP contribution in [0.25, 0.3) is 0 Å². The Kier molecular flexibility index (Phi) is 3.69. The topological polar surface area (TPSA) is 58.6 Å². The Morgan fingerprint density at radius 2 is 2.31 bits per heavy atom. The molecule has 1 rings (SSSR count). The second-order valence-corrected chi connectivity index (χ2v) is 3.46. The van der Waals surface area contributed by atoms with E-state index in [-0.39, 0.29) is 24.2 Å². The first-order valence-electron chi connectivity index (χ1n) is 4.74. The van der Waals surface area contributed by atoms with Crippen LogP contribution in [-0.4, -0.2) is 35.9 Å². The van der Waals surface area contributed by atoms with Crippen molar-refractivity contribution in [2.75, 3.05) is 6.61 Å². The second kappa shape index (κ2) is 4.58. The van der Waals surface area contributed by atoms with Crippen molar-refractivity contribution in [1.29, 1.82) is 0 Å². The third-order valence-corrected chi connectivity index (χ3v) is 2.24. The predicted octanol–water partition coefficient (Wildman–Crippen LogP) is 0.0509. The molecule has 1 aliphatic carbocycles. The molecule has 1 fully saturated rings.